The monoisotopic (exact) mass is 1620 g/mol. The number of benzene rings is 4. The molecule has 36 heteroatoms. The number of carbonyl (C=O) groups is 13. The van der Waals surface area contributed by atoms with Gasteiger partial charge >= 0.3 is 5.97 Å². The number of aromatic amines is 1. The van der Waals surface area contributed by atoms with Crippen molar-refractivity contribution in [3.63, 3.8) is 0 Å². The zero-order chi connectivity index (χ0) is 82.6. The van der Waals surface area contributed by atoms with E-state index in [1.54, 1.807) is 58.9 Å². The van der Waals surface area contributed by atoms with Crippen LogP contribution in [0.3, 0.4) is 0 Å². The normalized spacial score (nSPS) is 23.5. The fraction of sp³-hybridized carbons (Fsp3) is 0.468. The van der Waals surface area contributed by atoms with Crippen LogP contribution in [0.15, 0.2) is 110 Å². The Labute approximate surface area is 665 Å². The number of fused-ring (bicyclic) bond motifs is 3. The maximum Gasteiger partial charge on any atom is 0.303 e. The number of thioether (sulfide) groups is 2. The van der Waals surface area contributed by atoms with E-state index in [2.05, 4.69) is 73.4 Å². The topological polar surface area (TPSA) is 523 Å². The van der Waals surface area contributed by atoms with Crippen LogP contribution in [-0.4, -0.2) is 208 Å². The average Bonchev–Trinajstić information content (AvgIpc) is 1.81. The highest BCUT2D eigenvalue weighted by molar-refractivity contribution is 7.98. The zero-order valence-corrected chi connectivity index (χ0v) is 66.2. The van der Waals surface area contributed by atoms with Crippen molar-refractivity contribution in [3.8, 4) is 11.5 Å². The predicted molar refractivity (Wildman–Crippen MR) is 423 cm³/mol. The van der Waals surface area contributed by atoms with Crippen LogP contribution < -0.4 is 64.2 Å². The summed E-state index contributed by atoms with van der Waals surface area (Å²) in [6.07, 6.45) is -3.02. The first-order valence-electron chi connectivity index (χ1n) is 37.0. The minimum atomic E-state index is -1.90. The number of H-pyrrole nitrogens is 1. The van der Waals surface area contributed by atoms with E-state index in [-0.39, 0.29) is 75.0 Å². The van der Waals surface area contributed by atoms with Crippen molar-refractivity contribution in [3.05, 3.63) is 143 Å². The fourth-order valence-corrected chi connectivity index (χ4v) is 15.0. The van der Waals surface area contributed by atoms with Gasteiger partial charge < -0.3 is 94.7 Å². The molecule has 1 aliphatic rings. The molecule has 33 nitrogen and oxygen atoms in total. The second kappa shape index (κ2) is 43.4. The Kier molecular flexibility index (Phi) is 34.4. The molecular formula is C77H101N15O18S3. The number of carboxylic acid groups (broad SMARTS) is 1. The molecule has 1 aliphatic heterocycles. The van der Waals surface area contributed by atoms with Crippen molar-refractivity contribution in [1.29, 1.82) is 0 Å². The molecule has 2 aromatic heterocycles. The van der Waals surface area contributed by atoms with Gasteiger partial charge in [-0.05, 0) is 97.2 Å². The van der Waals surface area contributed by atoms with Gasteiger partial charge in [-0.25, -0.2) is 9.97 Å². The number of nitrogens with zero attached hydrogens (tertiary/aromatic N) is 2. The summed E-state index contributed by atoms with van der Waals surface area (Å²) in [6, 6.07) is 8.33. The van der Waals surface area contributed by atoms with E-state index in [4.69, 9.17) is 5.73 Å². The Morgan fingerprint density at radius 1 is 0.531 bits per heavy atom. The maximum atomic E-state index is 15.0. The zero-order valence-electron chi connectivity index (χ0n) is 63.7. The van der Waals surface area contributed by atoms with Crippen LogP contribution in [0.1, 0.15) is 126 Å². The van der Waals surface area contributed by atoms with Crippen molar-refractivity contribution < 1.29 is 87.9 Å². The lowest BCUT2D eigenvalue weighted by molar-refractivity contribution is -0.139. The van der Waals surface area contributed by atoms with E-state index in [0.717, 1.165) is 22.5 Å². The van der Waals surface area contributed by atoms with Gasteiger partial charge in [0.2, 0.25) is 70.9 Å². The van der Waals surface area contributed by atoms with E-state index in [9.17, 15) is 83.1 Å². The second-order valence-electron chi connectivity index (χ2n) is 28.7. The number of imidazole rings is 1. The van der Waals surface area contributed by atoms with Crippen molar-refractivity contribution in [2.75, 3.05) is 11.5 Å². The van der Waals surface area contributed by atoms with Gasteiger partial charge in [-0.2, -0.15) is 23.5 Å². The number of aliphatic carboxylic acids is 1. The number of carbonyl (C=O) groups excluding carboxylic acids is 12. The molecule has 0 spiro atoms. The highest BCUT2D eigenvalue weighted by Crippen LogP contribution is 2.26. The first kappa shape index (κ1) is 89.5. The van der Waals surface area contributed by atoms with E-state index < -0.39 is 174 Å². The molecule has 4 aromatic carbocycles. The largest absolute Gasteiger partial charge is 0.508 e. The Bertz CT molecular complexity index is 4240. The third kappa shape index (κ3) is 28.5. The van der Waals surface area contributed by atoms with Crippen molar-refractivity contribution >= 4 is 122 Å². The maximum absolute atomic E-state index is 15.0. The summed E-state index contributed by atoms with van der Waals surface area (Å²) in [6.45, 7) is 10.9. The summed E-state index contributed by atoms with van der Waals surface area (Å²) in [5, 5.41) is 81.8. The minimum Gasteiger partial charge on any atom is -0.508 e. The SMILES string of the molecule is CCC[C@@H]1NC(=O)[C@H](Cc2nc3ccccc3s2)NC(=O)[C@H]([C@@H](C)O)NC(=O)[C@H](Cc2cnc[nH]2)NC(=O)[C@H](Cc2ccc(O)cc2)NC(=O)[C@H](C(C)(C)C)NC(=O)CCSCc2cccc(c2)CSC[C@@H](C(N)=O)NC(=O)[C@H]([C@@H](C)O)NC(=O)[C@H](CCC)NC(=O)[C@H](Cc2ccc(O)cc2)NC(=O)[C@H](CCC(=O)O)NC1=O. The Hall–Kier alpha value is -10.7. The molecule has 610 valence electrons. The van der Waals surface area contributed by atoms with Gasteiger partial charge in [0, 0.05) is 73.4 Å². The van der Waals surface area contributed by atoms with Crippen molar-refractivity contribution in [2.24, 2.45) is 11.1 Å². The third-order valence-electron chi connectivity index (χ3n) is 18.2. The number of para-hydroxylation sites is 1. The van der Waals surface area contributed by atoms with Gasteiger partial charge in [0.15, 0.2) is 0 Å². The lowest BCUT2D eigenvalue weighted by atomic mass is 9.85. The number of aliphatic hydroxyl groups is 2. The number of rotatable bonds is 18. The van der Waals surface area contributed by atoms with E-state index in [1.165, 1.54) is 98.4 Å². The van der Waals surface area contributed by atoms with Gasteiger partial charge in [0.05, 0.1) is 33.8 Å². The molecule has 0 fully saturated rings. The molecule has 6 aromatic rings. The van der Waals surface area contributed by atoms with Crippen LogP contribution in [0.4, 0.5) is 0 Å². The van der Waals surface area contributed by atoms with Gasteiger partial charge in [0.25, 0.3) is 0 Å². The van der Waals surface area contributed by atoms with Crippen LogP contribution in [0.2, 0.25) is 0 Å². The lowest BCUT2D eigenvalue weighted by Gasteiger charge is -2.32. The minimum absolute atomic E-state index is 0.0400. The number of phenolic OH excluding ortho intramolecular Hbond substituents is 2. The number of aromatic hydroxyl groups is 2. The predicted octanol–water partition coefficient (Wildman–Crippen LogP) is 1.36. The van der Waals surface area contributed by atoms with Gasteiger partial charge in [0.1, 0.15) is 78.0 Å². The van der Waals surface area contributed by atoms with Crippen LogP contribution in [0.25, 0.3) is 10.2 Å². The first-order valence-corrected chi connectivity index (χ1v) is 40.1. The van der Waals surface area contributed by atoms with Gasteiger partial charge in [-0.15, -0.1) is 11.3 Å². The molecule has 0 saturated carbocycles. The number of carboxylic acids is 1. The molecule has 19 N–H and O–H groups in total. The number of thiazole rings is 1. The summed E-state index contributed by atoms with van der Waals surface area (Å²) < 4.78 is 0.689. The van der Waals surface area contributed by atoms with Crippen LogP contribution in [0.5, 0.6) is 11.5 Å². The molecule has 0 unspecified atom stereocenters. The molecule has 0 aliphatic carbocycles. The number of nitrogens with one attached hydrogen (secondary N) is 12. The molecular weight excluding hydrogens is 1520 g/mol. The number of hydrogen-bond acceptors (Lipinski definition) is 22. The molecule has 113 heavy (non-hydrogen) atoms. The van der Waals surface area contributed by atoms with E-state index in [0.29, 0.717) is 49.3 Å². The molecule has 7 rings (SSSR count). The number of amides is 12. The number of aliphatic hydroxyl groups excluding tert-OH is 2. The fourth-order valence-electron chi connectivity index (χ4n) is 12.0. The number of primary amides is 1. The summed E-state index contributed by atoms with van der Waals surface area (Å²) in [7, 11) is 0. The molecule has 13 atom stereocenters. The van der Waals surface area contributed by atoms with Crippen molar-refractivity contribution in [1.82, 2.24) is 73.4 Å². The Balaban J connectivity index is 1.25. The molecule has 3 heterocycles. The summed E-state index contributed by atoms with van der Waals surface area (Å²) >= 11 is 3.84. The number of phenols is 2. The van der Waals surface area contributed by atoms with Gasteiger partial charge in [-0.1, -0.05) is 108 Å². The highest BCUT2D eigenvalue weighted by atomic mass is 32.2. The molecule has 0 radical (unpaired) electrons. The quantitative estimate of drug-likeness (QED) is 0.0578. The Morgan fingerprint density at radius 2 is 0.982 bits per heavy atom. The van der Waals surface area contributed by atoms with Crippen LogP contribution >= 0.6 is 34.9 Å². The van der Waals surface area contributed by atoms with E-state index >= 15 is 4.79 Å². The smallest absolute Gasteiger partial charge is 0.303 e. The molecule has 12 amide bonds. The number of hydrogen-bond donors (Lipinski definition) is 18. The van der Waals surface area contributed by atoms with Gasteiger partial charge in [-0.3, -0.25) is 62.3 Å². The standard InChI is InChI=1S/C77H101N15O18S3/c1-8-13-51-67(101)84-53(27-28-62(98)99)68(102)85-54(32-43-19-23-48(95)24-20-43)70(104)83-52(14-9-2)69(103)91-64(42(4)94)75(109)89-58(66(78)100)39-112-38-46-16-12-15-45(31-46)37-111-30-29-60(97)90-65(77(5,6)7)76(110)88-55(33-44-21-25-49(96)26-22-44)71(105)86-56(34-47-36-79-40-80-47)73(107)92-63(41(3)93)74(108)87-57(72(106)82-51)35-61-81-50-17-10-11-18-59(50)113-61/h10-12,15-26,31,36,40-42,51-58,63-65,93-96H,8-9,13-14,27-30,32-35,37-39H2,1-7H3,(H2,78,100)(H,79,80)(H,82,106)(H,83,104)(H,84,101)(H,85,102)(H,86,105)(H,87,108)(H,88,110)(H,89,109)(H,90,97)(H,91,103)(H,92,107)(H,98,99)/t41-,42-,51+,52+,53+,54+,55+,56+,57+,58+,63+,64+,65-/m1/s1. The Morgan fingerprint density at radius 3 is 1.47 bits per heavy atom. The number of nitrogens with two attached hydrogens (primary N) is 1. The molecule has 2 bridgehead atoms. The first-order chi connectivity index (χ1) is 53.7. The van der Waals surface area contributed by atoms with Crippen molar-refractivity contribution in [2.45, 2.75) is 209 Å². The lowest BCUT2D eigenvalue weighted by Crippen LogP contribution is -2.63. The summed E-state index contributed by atoms with van der Waals surface area (Å²) in [5.74, 6) is -12.1. The summed E-state index contributed by atoms with van der Waals surface area (Å²) in [4.78, 5) is 197. The molecule has 0 saturated heterocycles. The van der Waals surface area contributed by atoms with Crippen LogP contribution in [-0.2, 0) is 99.5 Å². The second-order valence-corrected chi connectivity index (χ2v) is 31.9. The third-order valence-corrected chi connectivity index (χ3v) is 21.4. The highest BCUT2D eigenvalue weighted by Gasteiger charge is 2.40. The van der Waals surface area contributed by atoms with E-state index in [1.807, 2.05) is 24.3 Å². The van der Waals surface area contributed by atoms with Crippen LogP contribution in [0, 0.1) is 5.41 Å². The number of aromatic nitrogens is 3. The average molecular weight is 1620 g/mol. The summed E-state index contributed by atoms with van der Waals surface area (Å²) in [5.41, 5.74) is 8.16.